The van der Waals surface area contributed by atoms with E-state index in [1.54, 1.807) is 4.90 Å². The van der Waals surface area contributed by atoms with Crippen LogP contribution in [0.1, 0.15) is 36.9 Å². The highest BCUT2D eigenvalue weighted by Gasteiger charge is 2.27. The standard InChI is InChI=1S/C17H26N6O2/c1-5-22-10-14(9-18-22)15-11-21(7-8-25-15)17(24)19-16-12(3)20-23(6-2)13(16)4/h9-10,15H,5-8,11H2,1-4H3,(H,19,24). The smallest absolute Gasteiger partial charge is 0.322 e. The van der Waals surface area contributed by atoms with Crippen LogP contribution in [0.3, 0.4) is 0 Å². The summed E-state index contributed by atoms with van der Waals surface area (Å²) < 4.78 is 9.59. The van der Waals surface area contributed by atoms with Gasteiger partial charge in [0.2, 0.25) is 0 Å². The van der Waals surface area contributed by atoms with Crippen molar-refractivity contribution in [2.24, 2.45) is 0 Å². The van der Waals surface area contributed by atoms with Crippen LogP contribution in [0.15, 0.2) is 12.4 Å². The molecular weight excluding hydrogens is 320 g/mol. The van der Waals surface area contributed by atoms with Gasteiger partial charge in [0.15, 0.2) is 0 Å². The zero-order valence-corrected chi connectivity index (χ0v) is 15.3. The van der Waals surface area contributed by atoms with Gasteiger partial charge in [0, 0.05) is 31.4 Å². The van der Waals surface area contributed by atoms with Crippen LogP contribution in [0.2, 0.25) is 0 Å². The molecule has 8 nitrogen and oxygen atoms in total. The number of nitrogens with zero attached hydrogens (tertiary/aromatic N) is 5. The van der Waals surface area contributed by atoms with Crippen molar-refractivity contribution < 1.29 is 9.53 Å². The van der Waals surface area contributed by atoms with E-state index >= 15 is 0 Å². The molecule has 136 valence electrons. The molecule has 1 fully saturated rings. The lowest BCUT2D eigenvalue weighted by Crippen LogP contribution is -2.44. The summed E-state index contributed by atoms with van der Waals surface area (Å²) in [7, 11) is 0. The molecule has 0 spiro atoms. The number of carbonyl (C=O) groups is 1. The summed E-state index contributed by atoms with van der Waals surface area (Å²) >= 11 is 0. The molecular formula is C17H26N6O2. The van der Waals surface area contributed by atoms with Crippen LogP contribution < -0.4 is 5.32 Å². The van der Waals surface area contributed by atoms with Crippen LogP contribution in [-0.2, 0) is 17.8 Å². The van der Waals surface area contributed by atoms with E-state index in [4.69, 9.17) is 4.74 Å². The van der Waals surface area contributed by atoms with Gasteiger partial charge in [-0.25, -0.2) is 4.79 Å². The minimum Gasteiger partial charge on any atom is -0.370 e. The van der Waals surface area contributed by atoms with Crippen molar-refractivity contribution in [2.45, 2.75) is 46.9 Å². The van der Waals surface area contributed by atoms with Crippen molar-refractivity contribution in [3.63, 3.8) is 0 Å². The average molecular weight is 346 g/mol. The van der Waals surface area contributed by atoms with Crippen LogP contribution >= 0.6 is 0 Å². The van der Waals surface area contributed by atoms with Gasteiger partial charge in [0.1, 0.15) is 6.10 Å². The van der Waals surface area contributed by atoms with E-state index in [0.717, 1.165) is 35.7 Å². The molecule has 2 aromatic rings. The highest BCUT2D eigenvalue weighted by molar-refractivity contribution is 5.90. The first-order chi connectivity index (χ1) is 12.0. The summed E-state index contributed by atoms with van der Waals surface area (Å²) in [6.45, 7) is 11.2. The van der Waals surface area contributed by atoms with Gasteiger partial charge in [-0.1, -0.05) is 0 Å². The summed E-state index contributed by atoms with van der Waals surface area (Å²) in [6, 6.07) is -0.113. The van der Waals surface area contributed by atoms with Gasteiger partial charge in [-0.15, -0.1) is 0 Å². The number of aromatic nitrogens is 4. The Kier molecular flexibility index (Phi) is 5.08. The Morgan fingerprint density at radius 2 is 2.16 bits per heavy atom. The fourth-order valence-electron chi connectivity index (χ4n) is 3.13. The quantitative estimate of drug-likeness (QED) is 0.922. The maximum Gasteiger partial charge on any atom is 0.322 e. The third-order valence-corrected chi connectivity index (χ3v) is 4.62. The zero-order chi connectivity index (χ0) is 18.0. The monoisotopic (exact) mass is 346 g/mol. The minimum atomic E-state index is -0.139. The molecule has 0 bridgehead atoms. The van der Waals surface area contributed by atoms with Crippen molar-refractivity contribution in [1.29, 1.82) is 0 Å². The van der Waals surface area contributed by atoms with Crippen LogP contribution in [0.25, 0.3) is 0 Å². The molecule has 1 unspecified atom stereocenters. The molecule has 3 heterocycles. The van der Waals surface area contributed by atoms with Gasteiger partial charge < -0.3 is 15.0 Å². The predicted octanol–water partition coefficient (Wildman–Crippen LogP) is 2.34. The number of ether oxygens (including phenoxy) is 1. The normalized spacial score (nSPS) is 17.8. The average Bonchev–Trinajstić information content (AvgIpc) is 3.21. The van der Waals surface area contributed by atoms with Gasteiger partial charge in [0.05, 0.1) is 36.4 Å². The number of morpholine rings is 1. The van der Waals surface area contributed by atoms with Crippen LogP contribution in [0, 0.1) is 13.8 Å². The molecule has 1 aliphatic rings. The Morgan fingerprint density at radius 1 is 1.36 bits per heavy atom. The molecule has 1 saturated heterocycles. The van der Waals surface area contributed by atoms with Crippen molar-refractivity contribution >= 4 is 11.7 Å². The molecule has 0 aromatic carbocycles. The number of rotatable bonds is 4. The summed E-state index contributed by atoms with van der Waals surface area (Å²) in [6.07, 6.45) is 3.65. The second-order valence-corrected chi connectivity index (χ2v) is 6.23. The number of amides is 2. The van der Waals surface area contributed by atoms with E-state index in [-0.39, 0.29) is 12.1 Å². The SMILES string of the molecule is CCn1cc(C2CN(C(=O)Nc3c(C)nn(CC)c3C)CCO2)cn1. The fraction of sp³-hybridized carbons (Fsp3) is 0.588. The number of hydrogen-bond donors (Lipinski definition) is 1. The maximum atomic E-state index is 12.7. The van der Waals surface area contributed by atoms with E-state index in [1.807, 2.05) is 49.5 Å². The van der Waals surface area contributed by atoms with Crippen molar-refractivity contribution in [3.05, 3.63) is 29.3 Å². The minimum absolute atomic E-state index is 0.113. The zero-order valence-electron chi connectivity index (χ0n) is 15.3. The van der Waals surface area contributed by atoms with Crippen LogP contribution in [0.4, 0.5) is 10.5 Å². The summed E-state index contributed by atoms with van der Waals surface area (Å²) in [5.74, 6) is 0. The molecule has 1 N–H and O–H groups in total. The number of anilines is 1. The molecule has 0 radical (unpaired) electrons. The van der Waals surface area contributed by atoms with Gasteiger partial charge in [0.25, 0.3) is 0 Å². The Balaban J connectivity index is 1.69. The third-order valence-electron chi connectivity index (χ3n) is 4.62. The molecule has 1 atom stereocenters. The number of nitrogens with one attached hydrogen (secondary N) is 1. The topological polar surface area (TPSA) is 77.2 Å². The highest BCUT2D eigenvalue weighted by atomic mass is 16.5. The van der Waals surface area contributed by atoms with E-state index in [9.17, 15) is 4.79 Å². The van der Waals surface area contributed by atoms with Gasteiger partial charge in [-0.3, -0.25) is 9.36 Å². The summed E-state index contributed by atoms with van der Waals surface area (Å²) in [5, 5.41) is 11.8. The Hall–Kier alpha value is -2.35. The molecule has 3 rings (SSSR count). The molecule has 25 heavy (non-hydrogen) atoms. The molecule has 8 heteroatoms. The Labute approximate surface area is 147 Å². The number of hydrogen-bond acceptors (Lipinski definition) is 4. The lowest BCUT2D eigenvalue weighted by molar-refractivity contribution is -0.0135. The van der Waals surface area contributed by atoms with E-state index in [2.05, 4.69) is 15.5 Å². The fourth-order valence-corrected chi connectivity index (χ4v) is 3.13. The highest BCUT2D eigenvalue weighted by Crippen LogP contribution is 2.24. The first kappa shape index (κ1) is 17.5. The Morgan fingerprint density at radius 3 is 2.80 bits per heavy atom. The molecule has 2 aromatic heterocycles. The van der Waals surface area contributed by atoms with Crippen molar-refractivity contribution in [2.75, 3.05) is 25.0 Å². The van der Waals surface area contributed by atoms with Gasteiger partial charge in [-0.2, -0.15) is 10.2 Å². The Bertz CT molecular complexity index is 750. The van der Waals surface area contributed by atoms with E-state index in [0.29, 0.717) is 19.7 Å². The second-order valence-electron chi connectivity index (χ2n) is 6.23. The van der Waals surface area contributed by atoms with Gasteiger partial charge in [-0.05, 0) is 27.7 Å². The van der Waals surface area contributed by atoms with E-state index in [1.165, 1.54) is 0 Å². The van der Waals surface area contributed by atoms with E-state index < -0.39 is 0 Å². The van der Waals surface area contributed by atoms with Crippen molar-refractivity contribution in [1.82, 2.24) is 24.5 Å². The number of urea groups is 1. The molecule has 2 amide bonds. The molecule has 0 saturated carbocycles. The van der Waals surface area contributed by atoms with Gasteiger partial charge >= 0.3 is 6.03 Å². The summed E-state index contributed by atoms with van der Waals surface area (Å²) in [4.78, 5) is 14.5. The summed E-state index contributed by atoms with van der Waals surface area (Å²) in [5.41, 5.74) is 3.61. The largest absolute Gasteiger partial charge is 0.370 e. The third kappa shape index (κ3) is 3.53. The van der Waals surface area contributed by atoms with Crippen molar-refractivity contribution in [3.8, 4) is 0 Å². The van der Waals surface area contributed by atoms with Crippen LogP contribution in [-0.4, -0.2) is 50.2 Å². The molecule has 0 aliphatic carbocycles. The lowest BCUT2D eigenvalue weighted by atomic mass is 10.1. The number of carbonyl (C=O) groups excluding carboxylic acids is 1. The first-order valence-corrected chi connectivity index (χ1v) is 8.77. The number of aryl methyl sites for hydroxylation is 3. The molecule has 1 aliphatic heterocycles. The van der Waals surface area contributed by atoms with Crippen LogP contribution in [0.5, 0.6) is 0 Å². The maximum absolute atomic E-state index is 12.7. The lowest BCUT2D eigenvalue weighted by Gasteiger charge is -2.32. The second kappa shape index (κ2) is 7.26. The first-order valence-electron chi connectivity index (χ1n) is 8.77. The predicted molar refractivity (Wildman–Crippen MR) is 94.6 cm³/mol.